The van der Waals surface area contributed by atoms with Crippen LogP contribution in [0.15, 0.2) is 47.6 Å². The van der Waals surface area contributed by atoms with Gasteiger partial charge in [0.2, 0.25) is 0 Å². The van der Waals surface area contributed by atoms with Crippen LogP contribution in [0, 0.1) is 5.82 Å². The number of nitrogens with zero attached hydrogens (tertiary/aromatic N) is 2. The molecule has 0 spiro atoms. The van der Waals surface area contributed by atoms with Gasteiger partial charge in [0.25, 0.3) is 0 Å². The molecule has 1 aromatic heterocycles. The molecule has 2 nitrogen and oxygen atoms in total. The minimum absolute atomic E-state index is 0.204. The molecule has 2 heterocycles. The Morgan fingerprint density at radius 2 is 2.06 bits per heavy atom. The lowest BCUT2D eigenvalue weighted by Gasteiger charge is -2.18. The van der Waals surface area contributed by atoms with Gasteiger partial charge in [-0.3, -0.25) is 4.57 Å². The minimum Gasteiger partial charge on any atom is -0.287 e. The van der Waals surface area contributed by atoms with Gasteiger partial charge in [0.05, 0.1) is 16.7 Å². The number of thioether (sulfide) groups is 1. The van der Waals surface area contributed by atoms with E-state index in [4.69, 9.17) is 0 Å². The van der Waals surface area contributed by atoms with Gasteiger partial charge >= 0.3 is 0 Å². The molecular weight excluding hydrogens is 247 g/mol. The molecule has 0 bridgehead atoms. The second kappa shape index (κ2) is 3.59. The number of para-hydroxylation sites is 2. The van der Waals surface area contributed by atoms with Crippen LogP contribution in [0.1, 0.15) is 5.56 Å². The maximum absolute atomic E-state index is 13.5. The average molecular weight is 256 g/mol. The van der Waals surface area contributed by atoms with E-state index >= 15 is 0 Å². The summed E-state index contributed by atoms with van der Waals surface area (Å²) >= 11 is 1.69. The standard InChI is InChI=1S/C14H9FN2S/c15-10-6-5-9-8-18-14-16-11-3-1-2-4-12(11)17(14)13(9)7-10/h1-7H,8H2. The van der Waals surface area contributed by atoms with Gasteiger partial charge in [-0.15, -0.1) is 0 Å². The molecule has 0 aliphatic carbocycles. The number of aromatic nitrogens is 2. The van der Waals surface area contributed by atoms with Crippen molar-refractivity contribution in [3.8, 4) is 5.69 Å². The van der Waals surface area contributed by atoms with E-state index in [1.807, 2.05) is 34.9 Å². The topological polar surface area (TPSA) is 17.8 Å². The first-order valence-corrected chi connectivity index (χ1v) is 6.70. The molecular formula is C14H9FN2S. The van der Waals surface area contributed by atoms with E-state index in [0.29, 0.717) is 0 Å². The normalized spacial score (nSPS) is 13.4. The molecule has 88 valence electrons. The van der Waals surface area contributed by atoms with E-state index in [2.05, 4.69) is 4.98 Å². The summed E-state index contributed by atoms with van der Waals surface area (Å²) in [4.78, 5) is 4.59. The van der Waals surface area contributed by atoms with Crippen LogP contribution in [0.3, 0.4) is 0 Å². The number of halogens is 1. The Morgan fingerprint density at radius 3 is 3.00 bits per heavy atom. The van der Waals surface area contributed by atoms with Gasteiger partial charge in [-0.05, 0) is 29.8 Å². The Morgan fingerprint density at radius 1 is 1.17 bits per heavy atom. The predicted molar refractivity (Wildman–Crippen MR) is 70.6 cm³/mol. The van der Waals surface area contributed by atoms with Gasteiger partial charge < -0.3 is 0 Å². The molecule has 3 aromatic rings. The van der Waals surface area contributed by atoms with E-state index in [9.17, 15) is 4.39 Å². The van der Waals surface area contributed by atoms with E-state index in [0.717, 1.165) is 33.2 Å². The summed E-state index contributed by atoms with van der Waals surface area (Å²) in [5, 5.41) is 0.939. The zero-order valence-corrected chi connectivity index (χ0v) is 10.2. The van der Waals surface area contributed by atoms with Crippen molar-refractivity contribution in [1.29, 1.82) is 0 Å². The number of benzene rings is 2. The highest BCUT2D eigenvalue weighted by Crippen LogP contribution is 2.36. The zero-order valence-electron chi connectivity index (χ0n) is 9.43. The minimum atomic E-state index is -0.204. The number of imidazole rings is 1. The molecule has 2 aromatic carbocycles. The van der Waals surface area contributed by atoms with Crippen LogP contribution in [0.2, 0.25) is 0 Å². The highest BCUT2D eigenvalue weighted by molar-refractivity contribution is 7.98. The van der Waals surface area contributed by atoms with Crippen molar-refractivity contribution in [2.75, 3.05) is 0 Å². The van der Waals surface area contributed by atoms with Gasteiger partial charge in [-0.1, -0.05) is 30.0 Å². The highest BCUT2D eigenvalue weighted by atomic mass is 32.2. The third-order valence-corrected chi connectivity index (χ3v) is 4.16. The SMILES string of the molecule is Fc1ccc2c(c1)-n1c(nc3ccccc31)SC2. The number of hydrogen-bond acceptors (Lipinski definition) is 2. The Bertz CT molecular complexity index is 764. The molecule has 1 aliphatic rings. The second-order valence-corrected chi connectivity index (χ2v) is 5.22. The van der Waals surface area contributed by atoms with E-state index in [-0.39, 0.29) is 5.82 Å². The van der Waals surface area contributed by atoms with Crippen molar-refractivity contribution in [3.63, 3.8) is 0 Å². The summed E-state index contributed by atoms with van der Waals surface area (Å²) < 4.78 is 15.5. The fraction of sp³-hybridized carbons (Fsp3) is 0.0714. The van der Waals surface area contributed by atoms with Gasteiger partial charge in [-0.25, -0.2) is 9.37 Å². The summed E-state index contributed by atoms with van der Waals surface area (Å²) in [7, 11) is 0. The van der Waals surface area contributed by atoms with Gasteiger partial charge in [0.1, 0.15) is 5.82 Å². The Hall–Kier alpha value is -1.81. The van der Waals surface area contributed by atoms with Crippen LogP contribution >= 0.6 is 11.8 Å². The monoisotopic (exact) mass is 256 g/mol. The summed E-state index contributed by atoms with van der Waals surface area (Å²) in [6.07, 6.45) is 0. The molecule has 18 heavy (non-hydrogen) atoms. The largest absolute Gasteiger partial charge is 0.287 e. The molecule has 0 atom stereocenters. The second-order valence-electron chi connectivity index (χ2n) is 4.28. The van der Waals surface area contributed by atoms with Crippen molar-refractivity contribution >= 4 is 22.8 Å². The number of rotatable bonds is 0. The van der Waals surface area contributed by atoms with Gasteiger partial charge in [0, 0.05) is 5.75 Å². The van der Waals surface area contributed by atoms with Crippen molar-refractivity contribution in [1.82, 2.24) is 9.55 Å². The first-order valence-electron chi connectivity index (χ1n) is 5.72. The molecule has 0 radical (unpaired) electrons. The molecule has 0 amide bonds. The first kappa shape index (κ1) is 10.1. The van der Waals surface area contributed by atoms with Gasteiger partial charge in [0.15, 0.2) is 5.16 Å². The summed E-state index contributed by atoms with van der Waals surface area (Å²) in [5.41, 5.74) is 4.05. The molecule has 0 saturated carbocycles. The highest BCUT2D eigenvalue weighted by Gasteiger charge is 2.20. The van der Waals surface area contributed by atoms with Crippen molar-refractivity contribution in [2.45, 2.75) is 10.9 Å². The smallest absolute Gasteiger partial charge is 0.174 e. The lowest BCUT2D eigenvalue weighted by atomic mass is 10.2. The Labute approximate surface area is 107 Å². The van der Waals surface area contributed by atoms with Crippen LogP contribution in [-0.4, -0.2) is 9.55 Å². The molecule has 1 aliphatic heterocycles. The van der Waals surface area contributed by atoms with E-state index in [1.54, 1.807) is 17.8 Å². The third kappa shape index (κ3) is 1.32. The van der Waals surface area contributed by atoms with Crippen LogP contribution in [-0.2, 0) is 5.75 Å². The van der Waals surface area contributed by atoms with Crippen molar-refractivity contribution < 1.29 is 4.39 Å². The fourth-order valence-corrected chi connectivity index (χ4v) is 3.36. The lowest BCUT2D eigenvalue weighted by molar-refractivity contribution is 0.625. The van der Waals surface area contributed by atoms with Crippen LogP contribution in [0.25, 0.3) is 16.7 Å². The van der Waals surface area contributed by atoms with E-state index in [1.165, 1.54) is 6.07 Å². The van der Waals surface area contributed by atoms with Crippen molar-refractivity contribution in [2.24, 2.45) is 0 Å². The number of fused-ring (bicyclic) bond motifs is 5. The van der Waals surface area contributed by atoms with Crippen LogP contribution in [0.5, 0.6) is 0 Å². The average Bonchev–Trinajstić information content (AvgIpc) is 2.77. The molecule has 0 N–H and O–H groups in total. The summed E-state index contributed by atoms with van der Waals surface area (Å²) in [6.45, 7) is 0. The van der Waals surface area contributed by atoms with E-state index < -0.39 is 0 Å². The Kier molecular flexibility index (Phi) is 2.02. The third-order valence-electron chi connectivity index (χ3n) is 3.18. The van der Waals surface area contributed by atoms with Crippen LogP contribution in [0.4, 0.5) is 4.39 Å². The quantitative estimate of drug-likeness (QED) is 0.609. The predicted octanol–water partition coefficient (Wildman–Crippen LogP) is 3.77. The number of hydrogen-bond donors (Lipinski definition) is 0. The first-order chi connectivity index (χ1) is 8.83. The molecule has 4 heteroatoms. The maximum Gasteiger partial charge on any atom is 0.174 e. The molecule has 4 rings (SSSR count). The van der Waals surface area contributed by atoms with Crippen LogP contribution < -0.4 is 0 Å². The van der Waals surface area contributed by atoms with Crippen molar-refractivity contribution in [3.05, 3.63) is 53.8 Å². The fourth-order valence-electron chi connectivity index (χ4n) is 2.34. The maximum atomic E-state index is 13.5. The lowest BCUT2D eigenvalue weighted by Crippen LogP contribution is -2.06. The van der Waals surface area contributed by atoms with Gasteiger partial charge in [-0.2, -0.15) is 0 Å². The molecule has 0 saturated heterocycles. The zero-order chi connectivity index (χ0) is 12.1. The Balaban J connectivity index is 2.12. The summed E-state index contributed by atoms with van der Waals surface area (Å²) in [6, 6.07) is 12.9. The molecule has 0 fully saturated rings. The summed E-state index contributed by atoms with van der Waals surface area (Å²) in [5.74, 6) is 0.642. The molecule has 0 unspecified atom stereocenters.